The van der Waals surface area contributed by atoms with E-state index in [0.29, 0.717) is 19.6 Å². The lowest BCUT2D eigenvalue weighted by Crippen LogP contribution is -2.49. The third-order valence-corrected chi connectivity index (χ3v) is 4.90. The summed E-state index contributed by atoms with van der Waals surface area (Å²) in [6.07, 6.45) is -2.28. The number of anilines is 1. The van der Waals surface area contributed by atoms with Crippen molar-refractivity contribution in [3.63, 3.8) is 0 Å². The van der Waals surface area contributed by atoms with E-state index < -0.39 is 11.7 Å². The second-order valence-corrected chi connectivity index (χ2v) is 6.69. The summed E-state index contributed by atoms with van der Waals surface area (Å²) in [6.45, 7) is 9.59. The van der Waals surface area contributed by atoms with Gasteiger partial charge in [0, 0.05) is 30.9 Å². The fourth-order valence-electron chi connectivity index (χ4n) is 3.22. The molecule has 136 valence electrons. The predicted molar refractivity (Wildman–Crippen MR) is 92.4 cm³/mol. The number of nitrogens with one attached hydrogen (secondary N) is 2. The number of hydrogen-bond donors (Lipinski definition) is 2. The Hall–Kier alpha value is -1.27. The monoisotopic (exact) mass is 343 g/mol. The van der Waals surface area contributed by atoms with Gasteiger partial charge in [-0.25, -0.2) is 0 Å². The molecule has 6 heteroatoms. The molecule has 1 aliphatic heterocycles. The van der Waals surface area contributed by atoms with E-state index in [1.807, 2.05) is 13.8 Å². The van der Waals surface area contributed by atoms with E-state index in [1.54, 1.807) is 17.0 Å². The topological polar surface area (TPSA) is 27.3 Å². The van der Waals surface area contributed by atoms with Crippen molar-refractivity contribution in [2.75, 3.05) is 31.1 Å². The fourth-order valence-corrected chi connectivity index (χ4v) is 3.22. The molecule has 1 aromatic carbocycles. The third-order valence-electron chi connectivity index (χ3n) is 4.90. The van der Waals surface area contributed by atoms with E-state index >= 15 is 0 Å². The van der Waals surface area contributed by atoms with Crippen LogP contribution in [-0.2, 0) is 12.7 Å². The molecule has 24 heavy (non-hydrogen) atoms. The Morgan fingerprint density at radius 2 is 1.79 bits per heavy atom. The largest absolute Gasteiger partial charge is 0.418 e. The molecular weight excluding hydrogens is 315 g/mol. The molecule has 1 heterocycles. The van der Waals surface area contributed by atoms with Crippen molar-refractivity contribution in [3.05, 3.63) is 29.3 Å². The molecule has 1 aliphatic rings. The lowest BCUT2D eigenvalue weighted by atomic mass is 9.90. The second-order valence-electron chi connectivity index (χ2n) is 6.69. The summed E-state index contributed by atoms with van der Waals surface area (Å²) in [4.78, 5) is 1.76. The first-order valence-electron chi connectivity index (χ1n) is 8.70. The van der Waals surface area contributed by atoms with E-state index in [9.17, 15) is 13.2 Å². The van der Waals surface area contributed by atoms with Gasteiger partial charge in [0.1, 0.15) is 0 Å². The van der Waals surface area contributed by atoms with Crippen molar-refractivity contribution >= 4 is 5.69 Å². The Morgan fingerprint density at radius 1 is 1.17 bits per heavy atom. The molecule has 3 nitrogen and oxygen atoms in total. The summed E-state index contributed by atoms with van der Waals surface area (Å²) >= 11 is 0. The highest BCUT2D eigenvalue weighted by atomic mass is 19.4. The lowest BCUT2D eigenvalue weighted by Gasteiger charge is -2.35. The molecule has 0 saturated carbocycles. The highest BCUT2D eigenvalue weighted by Crippen LogP contribution is 2.37. The number of benzene rings is 1. The van der Waals surface area contributed by atoms with Gasteiger partial charge in [-0.1, -0.05) is 6.07 Å². The van der Waals surface area contributed by atoms with Crippen LogP contribution in [0.25, 0.3) is 0 Å². The molecule has 1 saturated heterocycles. The van der Waals surface area contributed by atoms with Gasteiger partial charge < -0.3 is 15.5 Å². The second kappa shape index (κ2) is 7.74. The third kappa shape index (κ3) is 4.63. The van der Waals surface area contributed by atoms with Gasteiger partial charge in [0.25, 0.3) is 0 Å². The minimum Gasteiger partial charge on any atom is -0.372 e. The van der Waals surface area contributed by atoms with Crippen LogP contribution in [0.2, 0.25) is 0 Å². The summed E-state index contributed by atoms with van der Waals surface area (Å²) in [6, 6.07) is 4.50. The molecular formula is C18H28F3N3. The summed E-state index contributed by atoms with van der Waals surface area (Å²) in [7, 11) is 0. The van der Waals surface area contributed by atoms with E-state index in [2.05, 4.69) is 17.6 Å². The molecule has 0 bridgehead atoms. The number of halogens is 3. The highest BCUT2D eigenvalue weighted by molar-refractivity contribution is 5.57. The molecule has 0 aromatic heterocycles. The van der Waals surface area contributed by atoms with Gasteiger partial charge in [0.15, 0.2) is 0 Å². The zero-order valence-corrected chi connectivity index (χ0v) is 14.8. The van der Waals surface area contributed by atoms with Gasteiger partial charge in [-0.3, -0.25) is 0 Å². The van der Waals surface area contributed by atoms with Crippen LogP contribution in [0.15, 0.2) is 18.2 Å². The van der Waals surface area contributed by atoms with Gasteiger partial charge in [0.2, 0.25) is 0 Å². The van der Waals surface area contributed by atoms with Crippen molar-refractivity contribution in [1.82, 2.24) is 10.6 Å². The van der Waals surface area contributed by atoms with Crippen LogP contribution >= 0.6 is 0 Å². The first kappa shape index (κ1) is 19.1. The Bertz CT molecular complexity index is 533. The maximum atomic E-state index is 13.3. The van der Waals surface area contributed by atoms with Crippen LogP contribution in [0.3, 0.4) is 0 Å². The summed E-state index contributed by atoms with van der Waals surface area (Å²) in [5, 5.41) is 6.86. The summed E-state index contributed by atoms with van der Waals surface area (Å²) in [5.74, 6) is 0. The van der Waals surface area contributed by atoms with Crippen LogP contribution in [0.5, 0.6) is 0 Å². The minimum atomic E-state index is -4.33. The van der Waals surface area contributed by atoms with Gasteiger partial charge in [-0.15, -0.1) is 0 Å². The van der Waals surface area contributed by atoms with E-state index in [-0.39, 0.29) is 11.2 Å². The number of nitrogens with zero attached hydrogens (tertiary/aromatic N) is 1. The van der Waals surface area contributed by atoms with Crippen LogP contribution in [0.4, 0.5) is 18.9 Å². The van der Waals surface area contributed by atoms with Crippen LogP contribution in [0.1, 0.15) is 44.7 Å². The van der Waals surface area contributed by atoms with Gasteiger partial charge in [-0.05, 0) is 64.4 Å². The van der Waals surface area contributed by atoms with Crippen molar-refractivity contribution < 1.29 is 13.2 Å². The Labute approximate surface area is 142 Å². The zero-order valence-electron chi connectivity index (χ0n) is 14.8. The van der Waals surface area contributed by atoms with Crippen LogP contribution < -0.4 is 15.5 Å². The van der Waals surface area contributed by atoms with Gasteiger partial charge >= 0.3 is 6.18 Å². The first-order valence-corrected chi connectivity index (χ1v) is 8.70. The summed E-state index contributed by atoms with van der Waals surface area (Å²) < 4.78 is 39.9. The standard InChI is InChI=1S/C18H28F3N3/c1-4-24(5-2)16-12-14(6-7-15(16)18(19,20)21)13-23-17(3)8-10-22-11-9-17/h6-7,12,22-23H,4-5,8-11,13H2,1-3H3. The van der Waals surface area contributed by atoms with Gasteiger partial charge in [-0.2, -0.15) is 13.2 Å². The quantitative estimate of drug-likeness (QED) is 0.823. The SMILES string of the molecule is CCN(CC)c1cc(CNC2(C)CCNCC2)ccc1C(F)(F)F. The highest BCUT2D eigenvalue weighted by Gasteiger charge is 2.34. The zero-order chi connectivity index (χ0) is 17.8. The molecule has 2 rings (SSSR count). The Morgan fingerprint density at radius 3 is 2.33 bits per heavy atom. The van der Waals surface area contributed by atoms with E-state index in [0.717, 1.165) is 31.5 Å². The molecule has 0 atom stereocenters. The smallest absolute Gasteiger partial charge is 0.372 e. The molecule has 2 N–H and O–H groups in total. The molecule has 0 aliphatic carbocycles. The van der Waals surface area contributed by atoms with E-state index in [1.165, 1.54) is 6.07 Å². The van der Waals surface area contributed by atoms with Crippen LogP contribution in [0, 0.1) is 0 Å². The fraction of sp³-hybridized carbons (Fsp3) is 0.667. The summed E-state index contributed by atoms with van der Waals surface area (Å²) in [5.41, 5.74) is 0.665. The van der Waals surface area contributed by atoms with Gasteiger partial charge in [0.05, 0.1) is 5.56 Å². The average Bonchev–Trinajstić information content (AvgIpc) is 2.54. The Kier molecular flexibility index (Phi) is 6.15. The van der Waals surface area contributed by atoms with Crippen molar-refractivity contribution in [3.8, 4) is 0 Å². The normalized spacial score (nSPS) is 17.8. The van der Waals surface area contributed by atoms with Crippen molar-refractivity contribution in [2.24, 2.45) is 0 Å². The molecule has 1 aromatic rings. The number of hydrogen-bond acceptors (Lipinski definition) is 3. The van der Waals surface area contributed by atoms with Crippen molar-refractivity contribution in [2.45, 2.75) is 51.9 Å². The van der Waals surface area contributed by atoms with Crippen LogP contribution in [-0.4, -0.2) is 31.7 Å². The molecule has 0 unspecified atom stereocenters. The maximum Gasteiger partial charge on any atom is 0.418 e. The molecule has 0 radical (unpaired) electrons. The average molecular weight is 343 g/mol. The number of rotatable bonds is 6. The molecule has 0 spiro atoms. The van der Waals surface area contributed by atoms with E-state index in [4.69, 9.17) is 0 Å². The van der Waals surface area contributed by atoms with Crippen molar-refractivity contribution in [1.29, 1.82) is 0 Å². The molecule has 0 amide bonds. The lowest BCUT2D eigenvalue weighted by molar-refractivity contribution is -0.137. The first-order chi connectivity index (χ1) is 11.3. The number of piperidine rings is 1. The minimum absolute atomic E-state index is 0.0450. The predicted octanol–water partition coefficient (Wildman–Crippen LogP) is 3.78. The number of alkyl halides is 3. The Balaban J connectivity index is 2.20. The molecule has 1 fully saturated rings. The maximum absolute atomic E-state index is 13.3.